The van der Waals surface area contributed by atoms with Crippen LogP contribution in [0.1, 0.15) is 28.8 Å². The van der Waals surface area contributed by atoms with Gasteiger partial charge in [0.1, 0.15) is 0 Å². The zero-order valence-electron chi connectivity index (χ0n) is 15.9. The van der Waals surface area contributed by atoms with Crippen molar-refractivity contribution in [1.29, 1.82) is 0 Å². The number of hydrogen-bond acceptors (Lipinski definition) is 2. The van der Waals surface area contributed by atoms with Crippen LogP contribution in [0.2, 0.25) is 0 Å². The Labute approximate surface area is 158 Å². The van der Waals surface area contributed by atoms with Gasteiger partial charge in [-0.05, 0) is 50.5 Å². The number of rotatable bonds is 4. The van der Waals surface area contributed by atoms with Gasteiger partial charge in [-0.2, -0.15) is 0 Å². The van der Waals surface area contributed by atoms with E-state index in [0.717, 1.165) is 38.9 Å². The number of benzene rings is 2. The van der Waals surface area contributed by atoms with Gasteiger partial charge in [0.05, 0.1) is 11.7 Å². The van der Waals surface area contributed by atoms with Crippen LogP contribution in [0.3, 0.4) is 0 Å². The molecule has 0 atom stereocenters. The molecule has 4 rings (SSSR count). The van der Waals surface area contributed by atoms with E-state index in [2.05, 4.69) is 52.5 Å². The molecule has 0 aliphatic carbocycles. The summed E-state index contributed by atoms with van der Waals surface area (Å²) < 4.78 is 0. The lowest BCUT2D eigenvalue weighted by atomic mass is 10.0. The first kappa shape index (κ1) is 17.3. The summed E-state index contributed by atoms with van der Waals surface area (Å²) in [5.41, 5.74) is 7.38. The molecular weight excluding hydrogens is 334 g/mol. The molecule has 0 saturated carbocycles. The number of fused-ring (bicyclic) bond motifs is 3. The number of anilines is 1. The normalized spacial score (nSPS) is 11.2. The number of nitrogens with one attached hydrogen (secondary N) is 2. The molecule has 136 valence electrons. The fourth-order valence-corrected chi connectivity index (χ4v) is 3.75. The highest BCUT2D eigenvalue weighted by molar-refractivity contribution is 6.07. The fourth-order valence-electron chi connectivity index (χ4n) is 3.75. The molecular formula is C23H23N3O. The minimum absolute atomic E-state index is 0.0193. The Hall–Kier alpha value is -3.14. The maximum Gasteiger partial charge on any atom is 0.224 e. The molecule has 4 heteroatoms. The number of nitrogens with zero attached hydrogens (tertiary/aromatic N) is 1. The van der Waals surface area contributed by atoms with Crippen LogP contribution >= 0.6 is 0 Å². The largest absolute Gasteiger partial charge is 0.353 e. The second-order valence-electron chi connectivity index (χ2n) is 7.21. The van der Waals surface area contributed by atoms with Gasteiger partial charge in [0.25, 0.3) is 0 Å². The van der Waals surface area contributed by atoms with Gasteiger partial charge in [-0.1, -0.05) is 35.9 Å². The van der Waals surface area contributed by atoms with Crippen molar-refractivity contribution >= 4 is 33.4 Å². The standard InChI is InChI=1S/C23H23N3O/c1-14-10-15(2)23(16(3)11-14)26-22(27)9-8-17-12-19-18-6-4-5-7-20(18)25-21(19)13-24-17/h4-7,10-13,25H,8-9H2,1-3H3,(H,26,27). The zero-order chi connectivity index (χ0) is 19.0. The minimum Gasteiger partial charge on any atom is -0.353 e. The fraction of sp³-hybridized carbons (Fsp3) is 0.217. The van der Waals surface area contributed by atoms with Gasteiger partial charge in [0, 0.05) is 34.1 Å². The monoisotopic (exact) mass is 357 g/mol. The van der Waals surface area contributed by atoms with Crippen LogP contribution in [0, 0.1) is 20.8 Å². The van der Waals surface area contributed by atoms with Crippen LogP contribution in [-0.4, -0.2) is 15.9 Å². The molecule has 2 aromatic heterocycles. The van der Waals surface area contributed by atoms with Crippen molar-refractivity contribution in [2.45, 2.75) is 33.6 Å². The summed E-state index contributed by atoms with van der Waals surface area (Å²) in [6, 6.07) is 14.5. The van der Waals surface area contributed by atoms with Gasteiger partial charge in [-0.15, -0.1) is 0 Å². The van der Waals surface area contributed by atoms with Crippen LogP contribution in [0.5, 0.6) is 0 Å². The summed E-state index contributed by atoms with van der Waals surface area (Å²) >= 11 is 0. The van der Waals surface area contributed by atoms with Crippen molar-refractivity contribution in [3.8, 4) is 0 Å². The molecule has 2 heterocycles. The van der Waals surface area contributed by atoms with Gasteiger partial charge >= 0.3 is 0 Å². The summed E-state index contributed by atoms with van der Waals surface area (Å²) in [5.74, 6) is 0.0193. The number of carbonyl (C=O) groups excluding carboxylic acids is 1. The van der Waals surface area contributed by atoms with Crippen LogP contribution in [0.4, 0.5) is 5.69 Å². The molecule has 4 aromatic rings. The molecule has 4 nitrogen and oxygen atoms in total. The number of para-hydroxylation sites is 1. The predicted octanol–water partition coefficient (Wildman–Crippen LogP) is 5.21. The van der Waals surface area contributed by atoms with Crippen molar-refractivity contribution in [2.75, 3.05) is 5.32 Å². The van der Waals surface area contributed by atoms with Gasteiger partial charge in [-0.3, -0.25) is 9.78 Å². The lowest BCUT2D eigenvalue weighted by Crippen LogP contribution is -2.14. The molecule has 0 spiro atoms. The van der Waals surface area contributed by atoms with E-state index in [-0.39, 0.29) is 5.91 Å². The number of aromatic nitrogens is 2. The molecule has 0 aliphatic rings. The first-order valence-electron chi connectivity index (χ1n) is 9.24. The first-order chi connectivity index (χ1) is 13.0. The smallest absolute Gasteiger partial charge is 0.224 e. The summed E-state index contributed by atoms with van der Waals surface area (Å²) in [6.45, 7) is 6.13. The molecule has 27 heavy (non-hydrogen) atoms. The SMILES string of the molecule is Cc1cc(C)c(NC(=O)CCc2cc3c(cn2)[nH]c2ccccc23)c(C)c1. The molecule has 0 aliphatic heterocycles. The number of pyridine rings is 1. The van der Waals surface area contributed by atoms with Crippen LogP contribution in [0.15, 0.2) is 48.7 Å². The van der Waals surface area contributed by atoms with Crippen LogP contribution in [-0.2, 0) is 11.2 Å². The van der Waals surface area contributed by atoms with Gasteiger partial charge in [-0.25, -0.2) is 0 Å². The molecule has 0 saturated heterocycles. The Morgan fingerprint density at radius 2 is 1.74 bits per heavy atom. The average Bonchev–Trinajstić information content (AvgIpc) is 3.01. The van der Waals surface area contributed by atoms with E-state index in [0.29, 0.717) is 12.8 Å². The van der Waals surface area contributed by atoms with Gasteiger partial charge < -0.3 is 10.3 Å². The number of hydrogen-bond donors (Lipinski definition) is 2. The highest BCUT2D eigenvalue weighted by Crippen LogP contribution is 2.26. The van der Waals surface area contributed by atoms with E-state index in [4.69, 9.17) is 0 Å². The lowest BCUT2D eigenvalue weighted by molar-refractivity contribution is -0.116. The van der Waals surface area contributed by atoms with Crippen molar-refractivity contribution in [3.63, 3.8) is 0 Å². The first-order valence-corrected chi connectivity index (χ1v) is 9.24. The number of carbonyl (C=O) groups is 1. The van der Waals surface area contributed by atoms with Gasteiger partial charge in [0.2, 0.25) is 5.91 Å². The number of H-pyrrole nitrogens is 1. The van der Waals surface area contributed by atoms with Crippen LogP contribution in [0.25, 0.3) is 21.8 Å². The topological polar surface area (TPSA) is 57.8 Å². The highest BCUT2D eigenvalue weighted by Gasteiger charge is 2.10. The Morgan fingerprint density at radius 1 is 1.00 bits per heavy atom. The van der Waals surface area contributed by atoms with E-state index in [9.17, 15) is 4.79 Å². The zero-order valence-corrected chi connectivity index (χ0v) is 15.9. The number of aromatic amines is 1. The van der Waals surface area contributed by atoms with Crippen molar-refractivity contribution in [2.24, 2.45) is 0 Å². The molecule has 2 N–H and O–H groups in total. The van der Waals surface area contributed by atoms with E-state index < -0.39 is 0 Å². The Balaban J connectivity index is 1.50. The maximum atomic E-state index is 12.5. The minimum atomic E-state index is 0.0193. The van der Waals surface area contributed by atoms with E-state index in [1.165, 1.54) is 10.9 Å². The Bertz CT molecular complexity index is 1130. The maximum absolute atomic E-state index is 12.5. The molecule has 2 aromatic carbocycles. The summed E-state index contributed by atoms with van der Waals surface area (Å²) in [7, 11) is 0. The van der Waals surface area contributed by atoms with E-state index in [1.54, 1.807) is 0 Å². The second-order valence-corrected chi connectivity index (χ2v) is 7.21. The third-order valence-corrected chi connectivity index (χ3v) is 5.00. The molecule has 0 unspecified atom stereocenters. The lowest BCUT2D eigenvalue weighted by Gasteiger charge is -2.12. The summed E-state index contributed by atoms with van der Waals surface area (Å²) in [6.07, 6.45) is 2.88. The molecule has 1 amide bonds. The Kier molecular flexibility index (Phi) is 4.40. The van der Waals surface area contributed by atoms with Gasteiger partial charge in [0.15, 0.2) is 0 Å². The average molecular weight is 357 g/mol. The van der Waals surface area contributed by atoms with E-state index in [1.807, 2.05) is 32.2 Å². The third kappa shape index (κ3) is 3.43. The molecule has 0 bridgehead atoms. The number of aryl methyl sites for hydroxylation is 4. The second kappa shape index (κ2) is 6.88. The van der Waals surface area contributed by atoms with Crippen molar-refractivity contribution in [3.05, 3.63) is 71.0 Å². The quantitative estimate of drug-likeness (QED) is 0.526. The molecule has 0 fully saturated rings. The number of amides is 1. The summed E-state index contributed by atoms with van der Waals surface area (Å²) in [4.78, 5) is 20.4. The van der Waals surface area contributed by atoms with Crippen molar-refractivity contribution in [1.82, 2.24) is 9.97 Å². The van der Waals surface area contributed by atoms with E-state index >= 15 is 0 Å². The predicted molar refractivity (Wildman–Crippen MR) is 111 cm³/mol. The molecule has 0 radical (unpaired) electrons. The van der Waals surface area contributed by atoms with Crippen molar-refractivity contribution < 1.29 is 4.79 Å². The Morgan fingerprint density at radius 3 is 2.52 bits per heavy atom. The van der Waals surface area contributed by atoms with Crippen LogP contribution < -0.4 is 5.32 Å². The summed E-state index contributed by atoms with van der Waals surface area (Å²) in [5, 5.41) is 5.41. The highest BCUT2D eigenvalue weighted by atomic mass is 16.1. The third-order valence-electron chi connectivity index (χ3n) is 5.00.